The number of aryl methyl sites for hydroxylation is 1. The molecule has 3 nitrogen and oxygen atoms in total. The smallest absolute Gasteiger partial charge is 0.253 e. The molecule has 0 aliphatic rings. The Bertz CT molecular complexity index is 442. The molecule has 0 bridgehead atoms. The molecule has 20 heavy (non-hydrogen) atoms. The van der Waals surface area contributed by atoms with E-state index in [-0.39, 0.29) is 11.4 Å². The Kier molecular flexibility index (Phi) is 6.05. The molecule has 0 saturated carbocycles. The number of hydrogen-bond acceptors (Lipinski definition) is 2. The molecule has 1 rings (SSSR count). The van der Waals surface area contributed by atoms with Crippen molar-refractivity contribution in [3.63, 3.8) is 0 Å². The predicted molar refractivity (Wildman–Crippen MR) is 86.4 cm³/mol. The van der Waals surface area contributed by atoms with Crippen LogP contribution in [0.15, 0.2) is 18.2 Å². The molecular weight excluding hydrogens is 248 g/mol. The number of carbonyl (C=O) groups is 1. The summed E-state index contributed by atoms with van der Waals surface area (Å²) in [5.41, 5.74) is 2.66. The van der Waals surface area contributed by atoms with Crippen molar-refractivity contribution in [1.29, 1.82) is 0 Å². The molecule has 0 saturated heterocycles. The number of benzene rings is 1. The summed E-state index contributed by atoms with van der Waals surface area (Å²) < 4.78 is 0. The van der Waals surface area contributed by atoms with Crippen molar-refractivity contribution < 1.29 is 4.79 Å². The lowest BCUT2D eigenvalue weighted by atomic mass is 9.89. The van der Waals surface area contributed by atoms with Gasteiger partial charge in [-0.3, -0.25) is 4.79 Å². The Labute approximate surface area is 123 Å². The van der Waals surface area contributed by atoms with E-state index in [1.807, 2.05) is 32.0 Å². The fourth-order valence-electron chi connectivity index (χ4n) is 2.51. The number of nitrogens with one attached hydrogen (secondary N) is 2. The Morgan fingerprint density at radius 2 is 1.70 bits per heavy atom. The number of hydrogen-bond donors (Lipinski definition) is 2. The van der Waals surface area contributed by atoms with Crippen molar-refractivity contribution in [3.05, 3.63) is 29.3 Å². The van der Waals surface area contributed by atoms with Crippen LogP contribution in [0.2, 0.25) is 0 Å². The van der Waals surface area contributed by atoms with Crippen molar-refractivity contribution in [2.45, 2.75) is 59.4 Å². The minimum Gasteiger partial charge on any atom is -0.385 e. The molecule has 1 aromatic rings. The van der Waals surface area contributed by atoms with Gasteiger partial charge in [-0.25, -0.2) is 0 Å². The highest BCUT2D eigenvalue weighted by molar-refractivity contribution is 6.00. The van der Waals surface area contributed by atoms with Gasteiger partial charge in [-0.15, -0.1) is 0 Å². The first kappa shape index (κ1) is 16.5. The maximum Gasteiger partial charge on any atom is 0.253 e. The molecule has 0 aliphatic carbocycles. The van der Waals surface area contributed by atoms with Gasteiger partial charge >= 0.3 is 0 Å². The molecule has 1 aromatic carbocycles. The highest BCUT2D eigenvalue weighted by Gasteiger charge is 2.27. The van der Waals surface area contributed by atoms with E-state index in [1.54, 1.807) is 0 Å². The molecule has 112 valence electrons. The van der Waals surface area contributed by atoms with Crippen LogP contribution in [0.25, 0.3) is 0 Å². The summed E-state index contributed by atoms with van der Waals surface area (Å²) in [6.45, 7) is 11.3. The van der Waals surface area contributed by atoms with E-state index in [1.165, 1.54) is 0 Å². The van der Waals surface area contributed by atoms with Gasteiger partial charge in [0, 0.05) is 17.8 Å². The van der Waals surface area contributed by atoms with Crippen LogP contribution in [-0.4, -0.2) is 18.0 Å². The van der Waals surface area contributed by atoms with Gasteiger partial charge in [0.15, 0.2) is 0 Å². The largest absolute Gasteiger partial charge is 0.385 e. The second kappa shape index (κ2) is 7.32. The summed E-state index contributed by atoms with van der Waals surface area (Å²) in [5.74, 6) is 0.0233. The third-order valence-corrected chi connectivity index (χ3v) is 4.20. The Morgan fingerprint density at radius 1 is 1.10 bits per heavy atom. The van der Waals surface area contributed by atoms with E-state index >= 15 is 0 Å². The van der Waals surface area contributed by atoms with Crippen LogP contribution in [0, 0.1) is 6.92 Å². The van der Waals surface area contributed by atoms with Gasteiger partial charge < -0.3 is 10.6 Å². The average Bonchev–Trinajstić information content (AvgIpc) is 2.47. The number of anilines is 1. The normalized spacial score (nSPS) is 11.2. The lowest BCUT2D eigenvalue weighted by Crippen LogP contribution is -2.47. The molecule has 2 N–H and O–H groups in total. The molecule has 1 amide bonds. The number of carbonyl (C=O) groups excluding carboxylic acids is 1. The van der Waals surface area contributed by atoms with Crippen molar-refractivity contribution in [3.8, 4) is 0 Å². The maximum absolute atomic E-state index is 12.6. The highest BCUT2D eigenvalue weighted by Crippen LogP contribution is 2.23. The quantitative estimate of drug-likeness (QED) is 0.786. The monoisotopic (exact) mass is 276 g/mol. The maximum atomic E-state index is 12.6. The van der Waals surface area contributed by atoms with Crippen molar-refractivity contribution in [1.82, 2.24) is 5.32 Å². The van der Waals surface area contributed by atoms with Crippen molar-refractivity contribution in [2.24, 2.45) is 0 Å². The molecule has 0 radical (unpaired) electrons. The van der Waals surface area contributed by atoms with E-state index in [4.69, 9.17) is 0 Å². The highest BCUT2D eigenvalue weighted by atomic mass is 16.1. The molecule has 0 heterocycles. The fourth-order valence-corrected chi connectivity index (χ4v) is 2.51. The van der Waals surface area contributed by atoms with Crippen LogP contribution in [0.4, 0.5) is 5.69 Å². The summed E-state index contributed by atoms with van der Waals surface area (Å²) in [6, 6.07) is 5.97. The van der Waals surface area contributed by atoms with E-state index in [2.05, 4.69) is 31.4 Å². The summed E-state index contributed by atoms with van der Waals surface area (Å²) in [4.78, 5) is 12.6. The summed E-state index contributed by atoms with van der Waals surface area (Å²) in [7, 11) is 0. The number of amides is 1. The molecule has 0 spiro atoms. The summed E-state index contributed by atoms with van der Waals surface area (Å²) in [6.07, 6.45) is 2.86. The molecular formula is C17H28N2O. The van der Waals surface area contributed by atoms with Gasteiger partial charge in [0.05, 0.1) is 5.56 Å². The van der Waals surface area contributed by atoms with Gasteiger partial charge in [-0.05, 0) is 45.2 Å². The minimum atomic E-state index is -0.0929. The Balaban J connectivity index is 3.04. The van der Waals surface area contributed by atoms with Gasteiger partial charge in [0.1, 0.15) is 0 Å². The van der Waals surface area contributed by atoms with Crippen LogP contribution in [-0.2, 0) is 0 Å². The molecule has 3 heteroatoms. The van der Waals surface area contributed by atoms with Crippen LogP contribution >= 0.6 is 0 Å². The molecule has 0 unspecified atom stereocenters. The fraction of sp³-hybridized carbons (Fsp3) is 0.588. The van der Waals surface area contributed by atoms with E-state index < -0.39 is 0 Å². The van der Waals surface area contributed by atoms with Crippen LogP contribution in [0.1, 0.15) is 62.9 Å². The Hall–Kier alpha value is -1.51. The zero-order valence-electron chi connectivity index (χ0n) is 13.5. The summed E-state index contributed by atoms with van der Waals surface area (Å²) >= 11 is 0. The van der Waals surface area contributed by atoms with Crippen molar-refractivity contribution in [2.75, 3.05) is 11.9 Å². The lowest BCUT2D eigenvalue weighted by molar-refractivity contribution is 0.0889. The minimum absolute atomic E-state index is 0.0233. The third-order valence-electron chi connectivity index (χ3n) is 4.20. The first-order valence-corrected chi connectivity index (χ1v) is 7.68. The Morgan fingerprint density at radius 3 is 2.20 bits per heavy atom. The zero-order valence-corrected chi connectivity index (χ0v) is 13.5. The van der Waals surface area contributed by atoms with E-state index in [0.717, 1.165) is 42.6 Å². The second-order valence-electron chi connectivity index (χ2n) is 5.37. The van der Waals surface area contributed by atoms with E-state index in [0.29, 0.717) is 0 Å². The van der Waals surface area contributed by atoms with E-state index in [9.17, 15) is 4.79 Å². The predicted octanol–water partition coefficient (Wildman–Crippen LogP) is 4.13. The van der Waals surface area contributed by atoms with Gasteiger partial charge in [0.25, 0.3) is 5.91 Å². The first-order chi connectivity index (χ1) is 9.51. The number of rotatable bonds is 7. The SMILES string of the molecule is CCNc1ccc(C)cc1C(=O)NC(CC)(CC)CC. The molecule has 0 fully saturated rings. The average molecular weight is 276 g/mol. The first-order valence-electron chi connectivity index (χ1n) is 7.68. The van der Waals surface area contributed by atoms with Crippen LogP contribution in [0.3, 0.4) is 0 Å². The zero-order chi connectivity index (χ0) is 15.2. The van der Waals surface area contributed by atoms with Crippen molar-refractivity contribution >= 4 is 11.6 Å². The van der Waals surface area contributed by atoms with Crippen LogP contribution < -0.4 is 10.6 Å². The molecule has 0 atom stereocenters. The molecule has 0 aliphatic heterocycles. The summed E-state index contributed by atoms with van der Waals surface area (Å²) in [5, 5.41) is 6.51. The molecule has 0 aromatic heterocycles. The second-order valence-corrected chi connectivity index (χ2v) is 5.37. The standard InChI is InChI=1S/C17H28N2O/c1-6-17(7-2,8-3)19-16(20)14-12-13(5)10-11-15(14)18-9-4/h10-12,18H,6-9H2,1-5H3,(H,19,20). The lowest BCUT2D eigenvalue weighted by Gasteiger charge is -2.32. The van der Waals surface area contributed by atoms with Gasteiger partial charge in [0.2, 0.25) is 0 Å². The van der Waals surface area contributed by atoms with Crippen LogP contribution in [0.5, 0.6) is 0 Å². The van der Waals surface area contributed by atoms with Gasteiger partial charge in [-0.1, -0.05) is 32.4 Å². The van der Waals surface area contributed by atoms with Gasteiger partial charge in [-0.2, -0.15) is 0 Å². The topological polar surface area (TPSA) is 41.1 Å². The third kappa shape index (κ3) is 3.75.